The molecular formula is C25H33N3O3. The number of likely N-dealkylation sites (tertiary alicyclic amines) is 1. The van der Waals surface area contributed by atoms with Gasteiger partial charge in [-0.05, 0) is 56.7 Å². The van der Waals surface area contributed by atoms with E-state index in [0.29, 0.717) is 13.0 Å². The zero-order valence-corrected chi connectivity index (χ0v) is 18.5. The minimum absolute atomic E-state index is 0.00375. The lowest BCUT2D eigenvalue weighted by Gasteiger charge is -2.41. The van der Waals surface area contributed by atoms with Crippen LogP contribution in [0.15, 0.2) is 24.3 Å². The Bertz CT molecular complexity index is 877. The number of benzene rings is 1. The van der Waals surface area contributed by atoms with Crippen molar-refractivity contribution in [3.05, 3.63) is 29.8 Å². The van der Waals surface area contributed by atoms with Crippen molar-refractivity contribution >= 4 is 23.3 Å². The summed E-state index contributed by atoms with van der Waals surface area (Å²) in [5.41, 5.74) is 2.66. The van der Waals surface area contributed by atoms with Crippen LogP contribution < -0.4 is 4.90 Å². The van der Waals surface area contributed by atoms with Gasteiger partial charge in [-0.1, -0.05) is 18.2 Å². The highest BCUT2D eigenvalue weighted by Crippen LogP contribution is 2.51. The fraction of sp³-hybridized carbons (Fsp3) is 0.640. The number of nitrogens with zero attached hydrogens (tertiary/aromatic N) is 3. The van der Waals surface area contributed by atoms with Crippen molar-refractivity contribution in [1.29, 1.82) is 0 Å². The molecule has 5 aliphatic rings. The number of amides is 2. The maximum Gasteiger partial charge on any atom is 0.233 e. The van der Waals surface area contributed by atoms with Crippen LogP contribution in [0.5, 0.6) is 0 Å². The van der Waals surface area contributed by atoms with Gasteiger partial charge in [0.25, 0.3) is 0 Å². The zero-order chi connectivity index (χ0) is 21.5. The molecule has 6 rings (SSSR count). The zero-order valence-electron chi connectivity index (χ0n) is 18.5. The van der Waals surface area contributed by atoms with Crippen molar-refractivity contribution in [2.24, 2.45) is 23.7 Å². The summed E-state index contributed by atoms with van der Waals surface area (Å²) < 4.78 is 0. The smallest absolute Gasteiger partial charge is 0.233 e. The summed E-state index contributed by atoms with van der Waals surface area (Å²) in [6, 6.07) is 8.56. The molecule has 6 nitrogen and oxygen atoms in total. The van der Waals surface area contributed by atoms with Crippen LogP contribution in [0.25, 0.3) is 0 Å². The molecule has 2 amide bonds. The summed E-state index contributed by atoms with van der Waals surface area (Å²) in [6.45, 7) is 7.86. The molecule has 3 saturated carbocycles. The lowest BCUT2D eigenvalue weighted by molar-refractivity contribution is -0.144. The Kier molecular flexibility index (Phi) is 5.59. The Morgan fingerprint density at radius 3 is 2.32 bits per heavy atom. The third kappa shape index (κ3) is 3.69. The summed E-state index contributed by atoms with van der Waals surface area (Å²) in [5, 5.41) is 0. The number of carbonyl (C=O) groups is 3. The van der Waals surface area contributed by atoms with Gasteiger partial charge in [-0.2, -0.15) is 0 Å². The highest BCUT2D eigenvalue weighted by Gasteiger charge is 2.60. The highest BCUT2D eigenvalue weighted by molar-refractivity contribution is 6.08. The second-order valence-electron chi connectivity index (χ2n) is 9.82. The van der Waals surface area contributed by atoms with Crippen LogP contribution in [-0.2, 0) is 14.4 Å². The summed E-state index contributed by atoms with van der Waals surface area (Å²) >= 11 is 0. The molecule has 31 heavy (non-hydrogen) atoms. The molecular weight excluding hydrogens is 390 g/mol. The predicted octanol–water partition coefficient (Wildman–Crippen LogP) is 2.50. The third-order valence-electron chi connectivity index (χ3n) is 8.09. The van der Waals surface area contributed by atoms with Crippen molar-refractivity contribution in [2.75, 3.05) is 44.2 Å². The van der Waals surface area contributed by atoms with Crippen molar-refractivity contribution in [1.82, 2.24) is 9.80 Å². The molecule has 3 aliphatic carbocycles. The Labute approximate surface area is 184 Å². The quantitative estimate of drug-likeness (QED) is 0.520. The molecule has 4 atom stereocenters. The molecule has 0 radical (unpaired) electrons. The summed E-state index contributed by atoms with van der Waals surface area (Å²) in [5.74, 6) is -0.492. The molecule has 0 aromatic heterocycles. The molecule has 6 heteroatoms. The molecule has 4 unspecified atom stereocenters. The van der Waals surface area contributed by atoms with E-state index in [9.17, 15) is 14.4 Å². The summed E-state index contributed by atoms with van der Waals surface area (Å²) in [6.07, 6.45) is 4.07. The number of imide groups is 1. The number of anilines is 1. The first-order chi connectivity index (χ1) is 15.0. The van der Waals surface area contributed by atoms with Gasteiger partial charge in [0.05, 0.1) is 11.8 Å². The van der Waals surface area contributed by atoms with Crippen LogP contribution in [0.2, 0.25) is 0 Å². The van der Waals surface area contributed by atoms with Crippen LogP contribution in [-0.4, -0.2) is 66.7 Å². The first-order valence-corrected chi connectivity index (χ1v) is 12.0. The Morgan fingerprint density at radius 2 is 1.58 bits per heavy atom. The molecule has 2 aliphatic heterocycles. The first-order valence-electron chi connectivity index (χ1n) is 12.0. The van der Waals surface area contributed by atoms with Crippen LogP contribution in [0, 0.1) is 30.6 Å². The fourth-order valence-corrected chi connectivity index (χ4v) is 6.40. The van der Waals surface area contributed by atoms with Gasteiger partial charge in [0, 0.05) is 50.7 Å². The van der Waals surface area contributed by atoms with Crippen LogP contribution in [0.1, 0.15) is 37.7 Å². The van der Waals surface area contributed by atoms with Crippen LogP contribution in [0.4, 0.5) is 5.69 Å². The molecule has 2 saturated heterocycles. The number of hydrogen-bond acceptors (Lipinski definition) is 5. The minimum atomic E-state index is -0.345. The number of aryl methyl sites for hydroxylation is 1. The van der Waals surface area contributed by atoms with Crippen molar-refractivity contribution < 1.29 is 14.4 Å². The van der Waals surface area contributed by atoms with E-state index in [4.69, 9.17) is 0 Å². The average Bonchev–Trinajstić information content (AvgIpc) is 3.04. The van der Waals surface area contributed by atoms with Gasteiger partial charge in [0.2, 0.25) is 11.8 Å². The van der Waals surface area contributed by atoms with Crippen molar-refractivity contribution in [3.8, 4) is 0 Å². The van der Waals surface area contributed by atoms with E-state index >= 15 is 0 Å². The molecule has 5 fully saturated rings. The topological polar surface area (TPSA) is 60.9 Å². The number of carbonyl (C=O) groups excluding carboxylic acids is 3. The number of hydrogen-bond donors (Lipinski definition) is 0. The molecule has 166 valence electrons. The third-order valence-corrected chi connectivity index (χ3v) is 8.09. The number of fused-ring (bicyclic) bond motifs is 2. The number of para-hydroxylation sites is 1. The van der Waals surface area contributed by atoms with E-state index < -0.39 is 0 Å². The van der Waals surface area contributed by atoms with Gasteiger partial charge in [-0.25, -0.2) is 0 Å². The second kappa shape index (κ2) is 8.38. The molecule has 1 aromatic rings. The van der Waals surface area contributed by atoms with Crippen molar-refractivity contribution in [2.45, 2.75) is 39.0 Å². The number of piperazine rings is 1. The number of rotatable bonds is 6. The maximum atomic E-state index is 12.9. The second-order valence-corrected chi connectivity index (χ2v) is 9.82. The normalized spacial score (nSPS) is 30.9. The molecule has 2 bridgehead atoms. The fourth-order valence-electron chi connectivity index (χ4n) is 6.40. The predicted molar refractivity (Wildman–Crippen MR) is 119 cm³/mol. The summed E-state index contributed by atoms with van der Waals surface area (Å²) in [4.78, 5) is 44.5. The van der Waals surface area contributed by atoms with Crippen LogP contribution >= 0.6 is 0 Å². The molecule has 1 aromatic carbocycles. The Balaban J connectivity index is 1.08. The molecule has 2 heterocycles. The first kappa shape index (κ1) is 20.7. The lowest BCUT2D eigenvalue weighted by Crippen LogP contribution is -2.47. The van der Waals surface area contributed by atoms with Gasteiger partial charge >= 0.3 is 0 Å². The Hall–Kier alpha value is -2.21. The number of Topliss-reactive ketones (excluding diaryl/α,β-unsaturated/α-hetero) is 1. The Morgan fingerprint density at radius 1 is 0.871 bits per heavy atom. The number of ketones is 1. The van der Waals surface area contributed by atoms with Gasteiger partial charge in [-0.15, -0.1) is 0 Å². The summed E-state index contributed by atoms with van der Waals surface area (Å²) in [7, 11) is 0. The molecule has 0 spiro atoms. The van der Waals surface area contributed by atoms with Gasteiger partial charge < -0.3 is 4.90 Å². The van der Waals surface area contributed by atoms with E-state index in [2.05, 4.69) is 41.0 Å². The van der Waals surface area contributed by atoms with E-state index in [-0.39, 0.29) is 41.3 Å². The largest absolute Gasteiger partial charge is 0.369 e. The average molecular weight is 424 g/mol. The van der Waals surface area contributed by atoms with Gasteiger partial charge in [0.1, 0.15) is 5.78 Å². The van der Waals surface area contributed by atoms with Crippen LogP contribution in [0.3, 0.4) is 0 Å². The number of unbranched alkanes of at least 4 members (excludes halogenated alkanes) is 1. The highest BCUT2D eigenvalue weighted by atomic mass is 16.2. The van der Waals surface area contributed by atoms with E-state index in [1.165, 1.54) is 16.2 Å². The van der Waals surface area contributed by atoms with E-state index in [1.54, 1.807) is 0 Å². The maximum absolute atomic E-state index is 12.9. The SMILES string of the molecule is Cc1ccccc1N1CCN(CCCCN2C(=O)C3C4CCC(C(=O)C4)C3C2=O)CC1. The van der Waals surface area contributed by atoms with E-state index in [0.717, 1.165) is 58.4 Å². The van der Waals surface area contributed by atoms with Gasteiger partial charge in [0.15, 0.2) is 0 Å². The van der Waals surface area contributed by atoms with Gasteiger partial charge in [-0.3, -0.25) is 24.2 Å². The lowest BCUT2D eigenvalue weighted by atomic mass is 9.59. The monoisotopic (exact) mass is 423 g/mol. The van der Waals surface area contributed by atoms with E-state index in [1.807, 2.05) is 0 Å². The van der Waals surface area contributed by atoms with Crippen molar-refractivity contribution in [3.63, 3.8) is 0 Å². The molecule has 0 N–H and O–H groups in total. The minimum Gasteiger partial charge on any atom is -0.369 e. The standard InChI is InChI=1S/C25H33N3O3/c1-17-6-2-3-7-20(17)27-14-12-26(13-15-27)10-4-5-11-28-24(30)22-18-8-9-19(21(29)16-18)23(22)25(28)31/h2-3,6-7,18-19,22-23H,4-5,8-16H2,1H3.